The molecule has 3 heterocycles. The second-order valence-corrected chi connectivity index (χ2v) is 7.71. The maximum Gasteiger partial charge on any atom is 0.253 e. The van der Waals surface area contributed by atoms with Crippen molar-refractivity contribution >= 4 is 17.5 Å². The number of carbonyl (C=O) groups excluding carboxylic acids is 1. The van der Waals surface area contributed by atoms with Gasteiger partial charge in [0.25, 0.3) is 5.91 Å². The van der Waals surface area contributed by atoms with Crippen molar-refractivity contribution in [3.05, 3.63) is 47.3 Å². The van der Waals surface area contributed by atoms with Gasteiger partial charge in [-0.15, -0.1) is 0 Å². The third-order valence-corrected chi connectivity index (χ3v) is 6.17. The van der Waals surface area contributed by atoms with Crippen LogP contribution in [0.2, 0.25) is 0 Å². The van der Waals surface area contributed by atoms with E-state index in [1.54, 1.807) is 0 Å². The van der Waals surface area contributed by atoms with Crippen molar-refractivity contribution in [1.82, 2.24) is 14.9 Å². The largest absolute Gasteiger partial charge is 0.372 e. The smallest absolute Gasteiger partial charge is 0.253 e. The zero-order chi connectivity index (χ0) is 20.4. The lowest BCUT2D eigenvalue weighted by atomic mass is 9.83. The van der Waals surface area contributed by atoms with Gasteiger partial charge in [0.1, 0.15) is 5.60 Å². The number of amides is 1. The van der Waals surface area contributed by atoms with Gasteiger partial charge in [-0.25, -0.2) is 9.97 Å². The Morgan fingerprint density at radius 1 is 1.21 bits per heavy atom. The summed E-state index contributed by atoms with van der Waals surface area (Å²) in [4.78, 5) is 25.8. The van der Waals surface area contributed by atoms with Crippen molar-refractivity contribution in [3.8, 4) is 0 Å². The van der Waals surface area contributed by atoms with Gasteiger partial charge in [-0.05, 0) is 62.9 Å². The first kappa shape index (κ1) is 19.6. The van der Waals surface area contributed by atoms with E-state index in [0.29, 0.717) is 19.7 Å². The first-order valence-corrected chi connectivity index (χ1v) is 10.5. The number of nitrogens with zero attached hydrogens (tertiary/aromatic N) is 4. The molecule has 2 aliphatic heterocycles. The highest BCUT2D eigenvalue weighted by atomic mass is 16.5. The van der Waals surface area contributed by atoms with Crippen LogP contribution in [0.4, 0.5) is 11.6 Å². The molecule has 1 saturated heterocycles. The van der Waals surface area contributed by atoms with E-state index in [4.69, 9.17) is 10.5 Å². The Morgan fingerprint density at radius 2 is 1.90 bits per heavy atom. The van der Waals surface area contributed by atoms with Crippen LogP contribution in [-0.4, -0.2) is 53.6 Å². The molecule has 154 valence electrons. The van der Waals surface area contributed by atoms with Crippen LogP contribution >= 0.6 is 0 Å². The van der Waals surface area contributed by atoms with Gasteiger partial charge in [0.15, 0.2) is 0 Å². The fourth-order valence-electron chi connectivity index (χ4n) is 4.46. The molecule has 2 aliphatic rings. The number of aromatic nitrogens is 2. The summed E-state index contributed by atoms with van der Waals surface area (Å²) in [5, 5.41) is 0. The van der Waals surface area contributed by atoms with E-state index >= 15 is 0 Å². The molecule has 4 rings (SSSR count). The van der Waals surface area contributed by atoms with Crippen LogP contribution < -0.4 is 10.6 Å². The molecule has 0 radical (unpaired) electrons. The summed E-state index contributed by atoms with van der Waals surface area (Å²) in [6.07, 6.45) is 4.06. The Bertz CT molecular complexity index is 871. The summed E-state index contributed by atoms with van der Waals surface area (Å²) in [5.74, 6) is 0.351. The number of nitrogen functional groups attached to an aromatic ring is 1. The summed E-state index contributed by atoms with van der Waals surface area (Å²) >= 11 is 0. The molecule has 0 atom stereocenters. The summed E-state index contributed by atoms with van der Waals surface area (Å²) in [5.41, 5.74) is 9.28. The van der Waals surface area contributed by atoms with Gasteiger partial charge in [-0.1, -0.05) is 0 Å². The van der Waals surface area contributed by atoms with Gasteiger partial charge >= 0.3 is 0 Å². The molecule has 2 aromatic rings. The molecule has 1 amide bonds. The van der Waals surface area contributed by atoms with Crippen molar-refractivity contribution in [3.63, 3.8) is 0 Å². The first-order chi connectivity index (χ1) is 14.1. The fourth-order valence-corrected chi connectivity index (χ4v) is 4.46. The fraction of sp³-hybridized carbons (Fsp3) is 0.500. The highest BCUT2D eigenvalue weighted by Crippen LogP contribution is 2.40. The van der Waals surface area contributed by atoms with Crippen molar-refractivity contribution in [1.29, 1.82) is 0 Å². The zero-order valence-electron chi connectivity index (χ0n) is 17.2. The van der Waals surface area contributed by atoms with Gasteiger partial charge in [-0.3, -0.25) is 4.79 Å². The Morgan fingerprint density at radius 3 is 2.55 bits per heavy atom. The predicted molar refractivity (Wildman–Crippen MR) is 113 cm³/mol. The van der Waals surface area contributed by atoms with Crippen molar-refractivity contribution in [2.45, 2.75) is 38.7 Å². The number of hydrogen-bond donors (Lipinski definition) is 1. The minimum absolute atomic E-state index is 0.0733. The molecule has 29 heavy (non-hydrogen) atoms. The standard InChI is InChI=1S/C22H29N5O2/c1-3-26(4-2)18-7-5-16(6-8-18)20(28)27-12-10-22(11-13-27)19-17(9-14-29-22)15-24-21(23)25-19/h5-8,15H,3-4,9-14H2,1-2H3,(H2,23,24,25). The lowest BCUT2D eigenvalue weighted by molar-refractivity contribution is -0.0966. The third-order valence-electron chi connectivity index (χ3n) is 6.17. The van der Waals surface area contributed by atoms with Crippen molar-refractivity contribution in [2.24, 2.45) is 0 Å². The highest BCUT2D eigenvalue weighted by molar-refractivity contribution is 5.94. The maximum atomic E-state index is 13.0. The normalized spacial score (nSPS) is 17.8. The number of fused-ring (bicyclic) bond motifs is 2. The van der Waals surface area contributed by atoms with E-state index in [1.165, 1.54) is 0 Å². The Labute approximate surface area is 171 Å². The molecule has 1 fully saturated rings. The van der Waals surface area contributed by atoms with E-state index in [9.17, 15) is 4.79 Å². The molecule has 7 heteroatoms. The molecular formula is C22H29N5O2. The van der Waals surface area contributed by atoms with E-state index in [2.05, 4.69) is 28.7 Å². The Kier molecular flexibility index (Phi) is 5.41. The monoisotopic (exact) mass is 395 g/mol. The van der Waals surface area contributed by atoms with Crippen molar-refractivity contribution in [2.75, 3.05) is 43.4 Å². The van der Waals surface area contributed by atoms with Gasteiger partial charge < -0.3 is 20.3 Å². The second-order valence-electron chi connectivity index (χ2n) is 7.71. The molecule has 7 nitrogen and oxygen atoms in total. The molecule has 0 unspecified atom stereocenters. The molecule has 1 spiro atoms. The summed E-state index contributed by atoms with van der Waals surface area (Å²) in [6, 6.07) is 7.93. The molecule has 1 aromatic carbocycles. The van der Waals surface area contributed by atoms with Gasteiger partial charge in [0.2, 0.25) is 5.95 Å². The topological polar surface area (TPSA) is 84.6 Å². The summed E-state index contributed by atoms with van der Waals surface area (Å²) in [6.45, 7) is 8.11. The number of piperidine rings is 1. The number of nitrogens with two attached hydrogens (primary N) is 1. The molecule has 0 saturated carbocycles. The van der Waals surface area contributed by atoms with E-state index in [-0.39, 0.29) is 11.9 Å². The summed E-state index contributed by atoms with van der Waals surface area (Å²) in [7, 11) is 0. The van der Waals surface area contributed by atoms with Gasteiger partial charge in [-0.2, -0.15) is 0 Å². The molecule has 0 aliphatic carbocycles. The zero-order valence-corrected chi connectivity index (χ0v) is 17.2. The molecular weight excluding hydrogens is 366 g/mol. The van der Waals surface area contributed by atoms with E-state index in [0.717, 1.165) is 54.9 Å². The molecule has 0 bridgehead atoms. The number of ether oxygens (including phenoxy) is 1. The quantitative estimate of drug-likeness (QED) is 0.857. The van der Waals surface area contributed by atoms with Crippen LogP contribution in [0.15, 0.2) is 30.5 Å². The number of benzene rings is 1. The lowest BCUT2D eigenvalue weighted by Crippen LogP contribution is -2.49. The van der Waals surface area contributed by atoms with E-state index in [1.807, 2.05) is 35.4 Å². The average Bonchev–Trinajstić information content (AvgIpc) is 2.76. The third kappa shape index (κ3) is 3.67. The number of carbonyl (C=O) groups is 1. The Hall–Kier alpha value is -2.67. The second kappa shape index (κ2) is 7.99. The van der Waals surface area contributed by atoms with Crippen molar-refractivity contribution < 1.29 is 9.53 Å². The lowest BCUT2D eigenvalue weighted by Gasteiger charge is -2.44. The maximum absolute atomic E-state index is 13.0. The number of rotatable bonds is 4. The first-order valence-electron chi connectivity index (χ1n) is 10.5. The SMILES string of the molecule is CCN(CC)c1ccc(C(=O)N2CCC3(CC2)OCCc2cnc(N)nc23)cc1. The van der Waals surface area contributed by atoms with Gasteiger partial charge in [0, 0.05) is 43.6 Å². The summed E-state index contributed by atoms with van der Waals surface area (Å²) < 4.78 is 6.20. The van der Waals surface area contributed by atoms with Crippen LogP contribution in [0.1, 0.15) is 48.3 Å². The van der Waals surface area contributed by atoms with Crippen LogP contribution in [0.3, 0.4) is 0 Å². The number of likely N-dealkylation sites (tertiary alicyclic amines) is 1. The molecule has 1 aromatic heterocycles. The number of anilines is 2. The minimum atomic E-state index is -0.450. The average molecular weight is 396 g/mol. The highest BCUT2D eigenvalue weighted by Gasteiger charge is 2.43. The van der Waals surface area contributed by atoms with Crippen LogP contribution in [0.5, 0.6) is 0 Å². The minimum Gasteiger partial charge on any atom is -0.372 e. The van der Waals surface area contributed by atoms with Gasteiger partial charge in [0.05, 0.1) is 12.3 Å². The van der Waals surface area contributed by atoms with Crippen LogP contribution in [0, 0.1) is 0 Å². The Balaban J connectivity index is 1.47. The predicted octanol–water partition coefficient (Wildman–Crippen LogP) is 2.61. The molecule has 2 N–H and O–H groups in total. The van der Waals surface area contributed by atoms with Crippen LogP contribution in [0.25, 0.3) is 0 Å². The number of hydrogen-bond acceptors (Lipinski definition) is 6. The van der Waals surface area contributed by atoms with Crippen LogP contribution in [-0.2, 0) is 16.8 Å². The van der Waals surface area contributed by atoms with E-state index < -0.39 is 5.60 Å².